The van der Waals surface area contributed by atoms with Crippen LogP contribution in [0, 0.1) is 0 Å². The number of rotatable bonds is 6. The Kier molecular flexibility index (Phi) is 7.07. The van der Waals surface area contributed by atoms with E-state index in [1.807, 2.05) is 48.5 Å². The topological polar surface area (TPSA) is 84.7 Å². The van der Waals surface area contributed by atoms with Gasteiger partial charge in [0.1, 0.15) is 5.75 Å². The number of nitrogens with one attached hydrogen (secondary N) is 1. The van der Waals surface area contributed by atoms with Crippen molar-refractivity contribution < 1.29 is 14.3 Å². The molecule has 2 aromatic rings. The zero-order valence-corrected chi connectivity index (χ0v) is 16.0. The molecular formula is C20H24ClN3O3. The fourth-order valence-corrected chi connectivity index (χ4v) is 2.92. The molecule has 3 rings (SSSR count). The highest BCUT2D eigenvalue weighted by Crippen LogP contribution is 2.33. The molecule has 1 heterocycles. The van der Waals surface area contributed by atoms with Gasteiger partial charge in [0.25, 0.3) is 5.91 Å². The van der Waals surface area contributed by atoms with Crippen molar-refractivity contribution in [1.82, 2.24) is 5.32 Å². The van der Waals surface area contributed by atoms with Crippen LogP contribution in [0.15, 0.2) is 48.5 Å². The smallest absolute Gasteiger partial charge is 0.267 e. The third-order valence-corrected chi connectivity index (χ3v) is 4.35. The van der Waals surface area contributed by atoms with Crippen LogP contribution in [0.5, 0.6) is 5.75 Å². The van der Waals surface area contributed by atoms with Crippen molar-refractivity contribution in [3.63, 3.8) is 0 Å². The first-order valence-electron chi connectivity index (χ1n) is 8.73. The van der Waals surface area contributed by atoms with Gasteiger partial charge in [-0.3, -0.25) is 9.59 Å². The maximum absolute atomic E-state index is 12.4. The van der Waals surface area contributed by atoms with Crippen LogP contribution in [0.1, 0.15) is 18.9 Å². The predicted octanol–water partition coefficient (Wildman–Crippen LogP) is 2.55. The van der Waals surface area contributed by atoms with Gasteiger partial charge in [-0.05, 0) is 43.2 Å². The fraction of sp³-hybridized carbons (Fsp3) is 0.300. The molecule has 27 heavy (non-hydrogen) atoms. The molecule has 1 unspecified atom stereocenters. The van der Waals surface area contributed by atoms with Gasteiger partial charge in [-0.2, -0.15) is 0 Å². The molecule has 0 aliphatic carbocycles. The summed E-state index contributed by atoms with van der Waals surface area (Å²) in [4.78, 5) is 26.1. The Morgan fingerprint density at radius 2 is 1.89 bits per heavy atom. The average Bonchev–Trinajstić information content (AvgIpc) is 2.64. The van der Waals surface area contributed by atoms with Crippen molar-refractivity contribution in [2.24, 2.45) is 0 Å². The molecule has 0 saturated heterocycles. The lowest BCUT2D eigenvalue weighted by atomic mass is 10.1. The molecule has 6 nitrogen and oxygen atoms in total. The predicted molar refractivity (Wildman–Crippen MR) is 108 cm³/mol. The summed E-state index contributed by atoms with van der Waals surface area (Å²) in [6, 6.07) is 15.0. The number of ether oxygens (including phenoxy) is 1. The summed E-state index contributed by atoms with van der Waals surface area (Å²) in [5.74, 6) is 0.464. The number of amides is 2. The zero-order chi connectivity index (χ0) is 18.5. The lowest BCUT2D eigenvalue weighted by Gasteiger charge is -2.32. The fourth-order valence-electron chi connectivity index (χ4n) is 2.92. The molecule has 1 atom stereocenters. The van der Waals surface area contributed by atoms with E-state index in [0.29, 0.717) is 24.5 Å². The van der Waals surface area contributed by atoms with E-state index < -0.39 is 6.10 Å². The van der Waals surface area contributed by atoms with Gasteiger partial charge in [-0.15, -0.1) is 12.4 Å². The number of nitrogens with two attached hydrogens (primary N) is 1. The Hall–Kier alpha value is -2.73. The Bertz CT molecular complexity index is 795. The number of para-hydroxylation sites is 2. The molecule has 1 aliphatic rings. The second kappa shape index (κ2) is 9.28. The van der Waals surface area contributed by atoms with E-state index >= 15 is 0 Å². The lowest BCUT2D eigenvalue weighted by molar-refractivity contribution is -0.125. The van der Waals surface area contributed by atoms with Crippen LogP contribution >= 0.6 is 12.4 Å². The van der Waals surface area contributed by atoms with E-state index in [2.05, 4.69) is 5.32 Å². The quantitative estimate of drug-likeness (QED) is 0.743. The number of anilines is 2. The van der Waals surface area contributed by atoms with E-state index in [1.165, 1.54) is 0 Å². The third-order valence-electron chi connectivity index (χ3n) is 4.35. The zero-order valence-electron chi connectivity index (χ0n) is 15.2. The molecule has 144 valence electrons. The Morgan fingerprint density at radius 1 is 1.19 bits per heavy atom. The van der Waals surface area contributed by atoms with Crippen molar-refractivity contribution in [2.45, 2.75) is 25.9 Å². The highest BCUT2D eigenvalue weighted by molar-refractivity contribution is 6.00. The average molecular weight is 390 g/mol. The molecule has 0 bridgehead atoms. The summed E-state index contributed by atoms with van der Waals surface area (Å²) in [5.41, 5.74) is 8.21. The van der Waals surface area contributed by atoms with Gasteiger partial charge < -0.3 is 20.7 Å². The first kappa shape index (κ1) is 20.6. The van der Waals surface area contributed by atoms with Crippen LogP contribution in [0.4, 0.5) is 11.4 Å². The highest BCUT2D eigenvalue weighted by atomic mass is 35.5. The van der Waals surface area contributed by atoms with Gasteiger partial charge in [-0.25, -0.2) is 0 Å². The second-order valence-electron chi connectivity index (χ2n) is 6.31. The van der Waals surface area contributed by atoms with E-state index in [1.54, 1.807) is 11.8 Å². The molecule has 0 radical (unpaired) electrons. The van der Waals surface area contributed by atoms with Crippen LogP contribution in [0.2, 0.25) is 0 Å². The minimum atomic E-state index is -0.543. The summed E-state index contributed by atoms with van der Waals surface area (Å²) < 4.78 is 5.60. The molecular weight excluding hydrogens is 366 g/mol. The van der Waals surface area contributed by atoms with Gasteiger partial charge in [0, 0.05) is 25.2 Å². The van der Waals surface area contributed by atoms with Crippen molar-refractivity contribution in [2.75, 3.05) is 23.7 Å². The number of halogens is 1. The lowest BCUT2D eigenvalue weighted by Crippen LogP contribution is -2.45. The normalized spacial score (nSPS) is 15.4. The molecule has 2 amide bonds. The van der Waals surface area contributed by atoms with E-state index in [0.717, 1.165) is 17.7 Å². The van der Waals surface area contributed by atoms with Crippen LogP contribution in [0.3, 0.4) is 0 Å². The molecule has 0 spiro atoms. The van der Waals surface area contributed by atoms with Gasteiger partial charge in [0.05, 0.1) is 5.69 Å². The summed E-state index contributed by atoms with van der Waals surface area (Å²) >= 11 is 0. The number of fused-ring (bicyclic) bond motifs is 1. The van der Waals surface area contributed by atoms with Crippen molar-refractivity contribution in [3.8, 4) is 5.75 Å². The number of hydrogen-bond donors (Lipinski definition) is 2. The maximum atomic E-state index is 12.4. The van der Waals surface area contributed by atoms with Gasteiger partial charge in [-0.1, -0.05) is 24.3 Å². The number of hydrogen-bond acceptors (Lipinski definition) is 4. The Labute approximate surface area is 165 Å². The maximum Gasteiger partial charge on any atom is 0.267 e. The van der Waals surface area contributed by atoms with E-state index in [9.17, 15) is 9.59 Å². The van der Waals surface area contributed by atoms with Crippen LogP contribution < -0.4 is 20.7 Å². The number of benzene rings is 2. The van der Waals surface area contributed by atoms with Gasteiger partial charge >= 0.3 is 0 Å². The van der Waals surface area contributed by atoms with Crippen LogP contribution in [-0.4, -0.2) is 31.0 Å². The standard InChI is InChI=1S/C20H23N3O3.ClH/c1-14-20(25)23(17-4-2-3-5-18(17)26-14)13-11-19(24)22-12-10-15-6-8-16(21)9-7-15;/h2-9,14H,10-13,21H2,1H3,(H,22,24);1H. The van der Waals surface area contributed by atoms with Crippen LogP contribution in [-0.2, 0) is 16.0 Å². The monoisotopic (exact) mass is 389 g/mol. The molecule has 0 aromatic heterocycles. The first-order valence-corrected chi connectivity index (χ1v) is 8.73. The number of carbonyl (C=O) groups excluding carboxylic acids is 2. The van der Waals surface area contributed by atoms with Gasteiger partial charge in [0.2, 0.25) is 5.91 Å². The highest BCUT2D eigenvalue weighted by Gasteiger charge is 2.31. The van der Waals surface area contributed by atoms with Crippen molar-refractivity contribution >= 4 is 35.6 Å². The largest absolute Gasteiger partial charge is 0.479 e. The number of carbonyl (C=O) groups is 2. The van der Waals surface area contributed by atoms with Crippen molar-refractivity contribution in [1.29, 1.82) is 0 Å². The third kappa shape index (κ3) is 5.14. The SMILES string of the molecule is CC1Oc2ccccc2N(CCC(=O)NCCc2ccc(N)cc2)C1=O.Cl. The molecule has 0 saturated carbocycles. The summed E-state index contributed by atoms with van der Waals surface area (Å²) in [6.45, 7) is 2.60. The Morgan fingerprint density at radius 3 is 2.63 bits per heavy atom. The molecule has 7 heteroatoms. The van der Waals surface area contributed by atoms with E-state index in [-0.39, 0.29) is 30.6 Å². The summed E-state index contributed by atoms with van der Waals surface area (Å²) in [6.07, 6.45) is 0.440. The molecule has 0 fully saturated rings. The number of nitrogens with zero attached hydrogens (tertiary/aromatic N) is 1. The summed E-state index contributed by atoms with van der Waals surface area (Å²) in [7, 11) is 0. The first-order chi connectivity index (χ1) is 12.5. The second-order valence-corrected chi connectivity index (χ2v) is 6.31. The Balaban J connectivity index is 0.00000261. The minimum Gasteiger partial charge on any atom is -0.479 e. The summed E-state index contributed by atoms with van der Waals surface area (Å²) in [5, 5.41) is 2.90. The number of nitrogen functional groups attached to an aromatic ring is 1. The molecule has 2 aromatic carbocycles. The minimum absolute atomic E-state index is 0. The van der Waals surface area contributed by atoms with E-state index in [4.69, 9.17) is 10.5 Å². The van der Waals surface area contributed by atoms with Crippen LogP contribution in [0.25, 0.3) is 0 Å². The molecule has 1 aliphatic heterocycles. The van der Waals surface area contributed by atoms with Gasteiger partial charge in [0.15, 0.2) is 6.10 Å². The van der Waals surface area contributed by atoms with Crippen molar-refractivity contribution in [3.05, 3.63) is 54.1 Å². The molecule has 3 N–H and O–H groups in total.